The highest BCUT2D eigenvalue weighted by atomic mass is 127. The number of Topliss-reactive ketones (excluding diaryl/α,β-unsaturated/α-hetero) is 1. The number of nitrogens with zero attached hydrogens (tertiary/aromatic N) is 1. The van der Waals surface area contributed by atoms with Crippen molar-refractivity contribution < 1.29 is 14.0 Å². The average molecular weight is 505 g/mol. The number of rotatable bonds is 4. The van der Waals surface area contributed by atoms with Crippen molar-refractivity contribution in [1.29, 1.82) is 0 Å². The quantitative estimate of drug-likeness (QED) is 0.491. The van der Waals surface area contributed by atoms with E-state index in [0.29, 0.717) is 36.2 Å². The molecule has 7 heteroatoms. The second-order valence-electron chi connectivity index (χ2n) is 7.44. The number of nitrogens with two attached hydrogens (primary N) is 1. The van der Waals surface area contributed by atoms with Gasteiger partial charge in [-0.1, -0.05) is 30.3 Å². The Bertz CT molecular complexity index is 1040. The summed E-state index contributed by atoms with van der Waals surface area (Å²) in [6, 6.07) is 11.3. The monoisotopic (exact) mass is 505 g/mol. The number of ketones is 1. The maximum absolute atomic E-state index is 14.5. The number of carbonyl (C=O) groups excluding carboxylic acids is 2. The Labute approximate surface area is 182 Å². The Morgan fingerprint density at radius 3 is 2.69 bits per heavy atom. The topological polar surface area (TPSA) is 75.4 Å². The van der Waals surface area contributed by atoms with E-state index in [1.165, 1.54) is 6.07 Å². The van der Waals surface area contributed by atoms with E-state index >= 15 is 0 Å². The van der Waals surface area contributed by atoms with Crippen LogP contribution in [0.25, 0.3) is 5.57 Å². The number of hydrogen-bond donors (Lipinski definition) is 2. The Kier molecular flexibility index (Phi) is 5.44. The molecule has 1 aliphatic carbocycles. The first-order valence-corrected chi connectivity index (χ1v) is 10.5. The molecule has 2 aromatic rings. The zero-order valence-corrected chi connectivity index (χ0v) is 18.1. The average Bonchev–Trinajstić information content (AvgIpc) is 2.68. The van der Waals surface area contributed by atoms with Gasteiger partial charge in [-0.05, 0) is 59.2 Å². The molecule has 0 saturated heterocycles. The minimum atomic E-state index is -0.704. The first-order chi connectivity index (χ1) is 13.9. The highest BCUT2D eigenvalue weighted by Gasteiger charge is 2.39. The largest absolute Gasteiger partial charge is 0.344 e. The van der Waals surface area contributed by atoms with Gasteiger partial charge in [0.05, 0.1) is 18.2 Å². The molecule has 4 rings (SSSR count). The highest BCUT2D eigenvalue weighted by Crippen LogP contribution is 2.38. The number of amides is 1. The number of benzene rings is 2. The van der Waals surface area contributed by atoms with Crippen LogP contribution in [0.1, 0.15) is 42.5 Å². The summed E-state index contributed by atoms with van der Waals surface area (Å²) in [7, 11) is 0. The second-order valence-corrected chi connectivity index (χ2v) is 8.60. The van der Waals surface area contributed by atoms with Crippen LogP contribution in [0.15, 0.2) is 48.2 Å². The summed E-state index contributed by atoms with van der Waals surface area (Å²) in [4.78, 5) is 25.5. The fourth-order valence-electron chi connectivity index (χ4n) is 3.98. The normalized spacial score (nSPS) is 19.5. The first-order valence-electron chi connectivity index (χ1n) is 9.47. The van der Waals surface area contributed by atoms with E-state index in [1.807, 2.05) is 18.2 Å². The maximum atomic E-state index is 14.5. The highest BCUT2D eigenvalue weighted by molar-refractivity contribution is 14.1. The molecule has 1 heterocycles. The molecule has 1 saturated carbocycles. The van der Waals surface area contributed by atoms with Gasteiger partial charge in [0.25, 0.3) is 5.91 Å². The Morgan fingerprint density at radius 1 is 1.28 bits per heavy atom. The molecule has 0 bridgehead atoms. The minimum Gasteiger partial charge on any atom is -0.344 e. The van der Waals surface area contributed by atoms with Gasteiger partial charge in [-0.25, -0.2) is 10.2 Å². The summed E-state index contributed by atoms with van der Waals surface area (Å²) in [5, 5.41) is 4.49. The van der Waals surface area contributed by atoms with Crippen LogP contribution in [0.3, 0.4) is 0 Å². The third-order valence-electron chi connectivity index (χ3n) is 5.78. The van der Waals surface area contributed by atoms with E-state index in [0.717, 1.165) is 14.7 Å². The van der Waals surface area contributed by atoms with E-state index in [1.54, 1.807) is 30.1 Å². The zero-order valence-electron chi connectivity index (χ0n) is 15.9. The molecule has 3 N–H and O–H groups in total. The van der Waals surface area contributed by atoms with E-state index in [-0.39, 0.29) is 11.7 Å². The fourth-order valence-corrected chi connectivity index (χ4v) is 4.65. The summed E-state index contributed by atoms with van der Waals surface area (Å²) in [5.41, 5.74) is 3.24. The van der Waals surface area contributed by atoms with Crippen molar-refractivity contribution in [3.8, 4) is 0 Å². The van der Waals surface area contributed by atoms with Crippen LogP contribution in [0, 0.1) is 15.3 Å². The van der Waals surface area contributed by atoms with Crippen molar-refractivity contribution in [1.82, 2.24) is 10.3 Å². The summed E-state index contributed by atoms with van der Waals surface area (Å²) in [6.07, 6.45) is 1.10. The molecule has 2 aliphatic rings. The molecular formula is C22H21FIN3O2. The van der Waals surface area contributed by atoms with Gasteiger partial charge in [-0.3, -0.25) is 9.59 Å². The van der Waals surface area contributed by atoms with Crippen LogP contribution in [-0.4, -0.2) is 16.7 Å². The van der Waals surface area contributed by atoms with Crippen molar-refractivity contribution in [3.63, 3.8) is 0 Å². The summed E-state index contributed by atoms with van der Waals surface area (Å²) in [5.74, 6) is 5.00. The predicted molar refractivity (Wildman–Crippen MR) is 116 cm³/mol. The Balaban J connectivity index is 1.73. The van der Waals surface area contributed by atoms with Crippen molar-refractivity contribution in [2.75, 3.05) is 0 Å². The maximum Gasteiger partial charge on any atom is 0.254 e. The van der Waals surface area contributed by atoms with Gasteiger partial charge >= 0.3 is 0 Å². The van der Waals surface area contributed by atoms with Crippen molar-refractivity contribution in [2.45, 2.75) is 32.4 Å². The van der Waals surface area contributed by atoms with Crippen molar-refractivity contribution >= 4 is 39.9 Å². The summed E-state index contributed by atoms with van der Waals surface area (Å²) >= 11 is 2.23. The summed E-state index contributed by atoms with van der Waals surface area (Å²) < 4.78 is 15.5. The lowest BCUT2D eigenvalue weighted by Gasteiger charge is -2.35. The zero-order chi connectivity index (χ0) is 20.7. The van der Waals surface area contributed by atoms with Crippen LogP contribution < -0.4 is 11.2 Å². The molecule has 2 atom stereocenters. The van der Waals surface area contributed by atoms with Gasteiger partial charge in [-0.15, -0.1) is 0 Å². The van der Waals surface area contributed by atoms with E-state index in [4.69, 9.17) is 5.84 Å². The number of nitrogens with one attached hydrogen (secondary N) is 1. The predicted octanol–water partition coefficient (Wildman–Crippen LogP) is 3.69. The molecule has 2 aromatic carbocycles. The summed E-state index contributed by atoms with van der Waals surface area (Å²) in [6.45, 7) is 2.30. The van der Waals surface area contributed by atoms with E-state index < -0.39 is 17.8 Å². The Morgan fingerprint density at radius 2 is 2.03 bits per heavy atom. The fraction of sp³-hybridized carbons (Fsp3) is 0.273. The van der Waals surface area contributed by atoms with Gasteiger partial charge in [0.2, 0.25) is 0 Å². The van der Waals surface area contributed by atoms with E-state index in [2.05, 4.69) is 27.9 Å². The SMILES string of the molecule is CC1=C(C(=O)N[C@H](c2ccccc2F)[C@@H]2CCC2=O)c2cccc(I)c2CN1N. The van der Waals surface area contributed by atoms with Crippen LogP contribution in [0.4, 0.5) is 4.39 Å². The molecule has 1 amide bonds. The Hall–Kier alpha value is -2.26. The molecule has 150 valence electrons. The van der Waals surface area contributed by atoms with Crippen LogP contribution in [0.2, 0.25) is 0 Å². The number of allylic oxidation sites excluding steroid dienone is 1. The van der Waals surface area contributed by atoms with Gasteiger partial charge in [0, 0.05) is 27.2 Å². The molecule has 29 heavy (non-hydrogen) atoms. The molecule has 0 unspecified atom stereocenters. The number of hydrogen-bond acceptors (Lipinski definition) is 4. The van der Waals surface area contributed by atoms with Crippen LogP contribution in [0.5, 0.6) is 0 Å². The van der Waals surface area contributed by atoms with Gasteiger partial charge in [0.1, 0.15) is 11.6 Å². The molecule has 0 radical (unpaired) electrons. The molecular weight excluding hydrogens is 484 g/mol. The second kappa shape index (κ2) is 7.87. The lowest BCUT2D eigenvalue weighted by atomic mass is 9.75. The number of halogens is 2. The van der Waals surface area contributed by atoms with Gasteiger partial charge in [0.15, 0.2) is 0 Å². The van der Waals surface area contributed by atoms with Gasteiger partial charge < -0.3 is 10.3 Å². The lowest BCUT2D eigenvalue weighted by Crippen LogP contribution is -2.43. The minimum absolute atomic E-state index is 0.0447. The first kappa shape index (κ1) is 20.0. The molecule has 0 aromatic heterocycles. The van der Waals surface area contributed by atoms with Crippen LogP contribution in [-0.2, 0) is 16.1 Å². The van der Waals surface area contributed by atoms with Crippen molar-refractivity contribution in [3.05, 3.63) is 74.2 Å². The lowest BCUT2D eigenvalue weighted by molar-refractivity contribution is -0.131. The third-order valence-corrected chi connectivity index (χ3v) is 6.79. The van der Waals surface area contributed by atoms with Crippen molar-refractivity contribution in [2.24, 2.45) is 11.8 Å². The molecule has 5 nitrogen and oxygen atoms in total. The molecule has 0 spiro atoms. The van der Waals surface area contributed by atoms with Crippen LogP contribution >= 0.6 is 22.6 Å². The smallest absolute Gasteiger partial charge is 0.254 e. The number of fused-ring (bicyclic) bond motifs is 1. The van der Waals surface area contributed by atoms with E-state index in [9.17, 15) is 14.0 Å². The molecule has 1 aliphatic heterocycles. The standard InChI is InChI=1S/C22H21FIN3O2/c1-12-20(13-6-4-8-18(24)16(13)11-27(12)25)22(29)26-21(15-9-10-19(15)28)14-5-2-3-7-17(14)23/h2-8,15,21H,9-11,25H2,1H3,(H,26,29)/t15-,21-/m1/s1. The van der Waals surface area contributed by atoms with Gasteiger partial charge in [-0.2, -0.15) is 0 Å². The number of hydrazine groups is 1. The third kappa shape index (κ3) is 3.57. The number of carbonyl (C=O) groups is 2. The molecule has 1 fully saturated rings.